The maximum Gasteiger partial charge on any atom is 0.237 e. The third kappa shape index (κ3) is 4.85. The van der Waals surface area contributed by atoms with Gasteiger partial charge in [-0.15, -0.1) is 5.10 Å². The molecule has 1 aromatic heterocycles. The molecule has 0 saturated carbocycles. The summed E-state index contributed by atoms with van der Waals surface area (Å²) in [6, 6.07) is 7.74. The van der Waals surface area contributed by atoms with E-state index in [0.29, 0.717) is 26.2 Å². The zero-order valence-electron chi connectivity index (χ0n) is 14.8. The number of tetrazole rings is 1. The maximum absolute atomic E-state index is 12.3. The fraction of sp³-hybridized carbons (Fsp3) is 0.471. The van der Waals surface area contributed by atoms with Crippen LogP contribution in [0.25, 0.3) is 0 Å². The number of nitrogens with one attached hydrogen (secondary N) is 2. The van der Waals surface area contributed by atoms with Crippen LogP contribution in [0.15, 0.2) is 30.6 Å². The van der Waals surface area contributed by atoms with Crippen LogP contribution in [0.3, 0.4) is 0 Å². The first-order valence-corrected chi connectivity index (χ1v) is 8.66. The Hall–Kier alpha value is -2.81. The number of benzene rings is 1. The molecule has 3 rings (SSSR count). The summed E-state index contributed by atoms with van der Waals surface area (Å²) in [4.78, 5) is 26.6. The van der Waals surface area contributed by atoms with Crippen LogP contribution < -0.4 is 10.6 Å². The highest BCUT2D eigenvalue weighted by atomic mass is 16.2. The third-order valence-electron chi connectivity index (χ3n) is 4.34. The Morgan fingerprint density at radius 3 is 3.08 bits per heavy atom. The topological polar surface area (TPSA) is 105 Å². The van der Waals surface area contributed by atoms with Crippen LogP contribution in [0.1, 0.15) is 17.5 Å². The molecule has 1 saturated heterocycles. The Labute approximate surface area is 151 Å². The van der Waals surface area contributed by atoms with Gasteiger partial charge in [0.25, 0.3) is 0 Å². The highest BCUT2D eigenvalue weighted by Gasteiger charge is 2.31. The molecule has 26 heavy (non-hydrogen) atoms. The first-order valence-electron chi connectivity index (χ1n) is 8.66. The molecule has 1 aromatic carbocycles. The molecule has 9 heteroatoms. The number of carbonyl (C=O) groups is 2. The first-order chi connectivity index (χ1) is 12.6. The number of piperazine rings is 1. The summed E-state index contributed by atoms with van der Waals surface area (Å²) in [7, 11) is 0. The molecule has 0 radical (unpaired) electrons. The van der Waals surface area contributed by atoms with Crippen molar-refractivity contribution in [1.29, 1.82) is 0 Å². The van der Waals surface area contributed by atoms with Gasteiger partial charge in [0.05, 0.1) is 19.0 Å². The summed E-state index contributed by atoms with van der Waals surface area (Å²) in [6.45, 7) is 4.92. The molecule has 1 aliphatic heterocycles. The van der Waals surface area contributed by atoms with E-state index >= 15 is 0 Å². The Morgan fingerprint density at radius 2 is 2.31 bits per heavy atom. The highest BCUT2D eigenvalue weighted by molar-refractivity contribution is 5.88. The van der Waals surface area contributed by atoms with Crippen LogP contribution in [0.2, 0.25) is 0 Å². The van der Waals surface area contributed by atoms with Gasteiger partial charge in [0.2, 0.25) is 11.8 Å². The van der Waals surface area contributed by atoms with E-state index in [1.54, 1.807) is 0 Å². The largest absolute Gasteiger partial charge is 0.354 e. The van der Waals surface area contributed by atoms with E-state index in [1.807, 2.05) is 25.1 Å². The predicted molar refractivity (Wildman–Crippen MR) is 93.8 cm³/mol. The molecule has 2 amide bonds. The second-order valence-electron chi connectivity index (χ2n) is 6.39. The van der Waals surface area contributed by atoms with E-state index < -0.39 is 6.04 Å². The summed E-state index contributed by atoms with van der Waals surface area (Å²) in [6.07, 6.45) is 1.62. The molecule has 2 aromatic rings. The molecule has 0 spiro atoms. The van der Waals surface area contributed by atoms with Crippen molar-refractivity contribution in [3.05, 3.63) is 41.7 Å². The normalized spacial score (nSPS) is 17.7. The number of aryl methyl sites for hydroxylation is 1. The monoisotopic (exact) mass is 357 g/mol. The summed E-state index contributed by atoms with van der Waals surface area (Å²) < 4.78 is 1.54. The van der Waals surface area contributed by atoms with E-state index in [1.165, 1.54) is 16.6 Å². The fourth-order valence-corrected chi connectivity index (χ4v) is 3.06. The second-order valence-corrected chi connectivity index (χ2v) is 6.39. The molecule has 9 nitrogen and oxygen atoms in total. The Balaban J connectivity index is 1.55. The highest BCUT2D eigenvalue weighted by Crippen LogP contribution is 2.14. The quantitative estimate of drug-likeness (QED) is 0.691. The molecule has 1 aliphatic rings. The standard InChI is InChI=1S/C17H23N7O2/c1-13-3-2-4-14(9-13)11-23-7-5-19-17(26)15(23)10-16(25)18-6-8-24-12-20-21-22-24/h2-4,9,12,15H,5-8,10-11H2,1H3,(H,18,25)(H,19,26). The number of hydrogen-bond donors (Lipinski definition) is 2. The summed E-state index contributed by atoms with van der Waals surface area (Å²) in [5.74, 6) is -0.256. The Morgan fingerprint density at radius 1 is 1.42 bits per heavy atom. The van der Waals surface area contributed by atoms with Gasteiger partial charge in [-0.25, -0.2) is 4.68 Å². The lowest BCUT2D eigenvalue weighted by molar-refractivity contribution is -0.134. The third-order valence-corrected chi connectivity index (χ3v) is 4.34. The van der Waals surface area contributed by atoms with Crippen LogP contribution in [0, 0.1) is 6.92 Å². The van der Waals surface area contributed by atoms with Crippen LogP contribution in [0.5, 0.6) is 0 Å². The van der Waals surface area contributed by atoms with E-state index in [9.17, 15) is 9.59 Å². The van der Waals surface area contributed by atoms with Crippen molar-refractivity contribution in [1.82, 2.24) is 35.7 Å². The lowest BCUT2D eigenvalue weighted by atomic mass is 10.1. The van der Waals surface area contributed by atoms with Crippen molar-refractivity contribution < 1.29 is 9.59 Å². The number of amides is 2. The van der Waals surface area contributed by atoms with Crippen molar-refractivity contribution in [2.24, 2.45) is 0 Å². The van der Waals surface area contributed by atoms with Gasteiger partial charge in [0.15, 0.2) is 0 Å². The van der Waals surface area contributed by atoms with Crippen LogP contribution >= 0.6 is 0 Å². The van der Waals surface area contributed by atoms with E-state index in [2.05, 4.69) is 37.1 Å². The zero-order valence-corrected chi connectivity index (χ0v) is 14.8. The molecular formula is C17H23N7O2. The summed E-state index contributed by atoms with van der Waals surface area (Å²) in [5, 5.41) is 16.5. The smallest absolute Gasteiger partial charge is 0.237 e. The van der Waals surface area contributed by atoms with Gasteiger partial charge in [0.1, 0.15) is 6.33 Å². The van der Waals surface area contributed by atoms with E-state index in [4.69, 9.17) is 0 Å². The van der Waals surface area contributed by atoms with Crippen molar-refractivity contribution in [3.8, 4) is 0 Å². The van der Waals surface area contributed by atoms with Gasteiger partial charge in [-0.05, 0) is 22.9 Å². The minimum absolute atomic E-state index is 0.0977. The number of nitrogens with zero attached hydrogens (tertiary/aromatic N) is 5. The van der Waals surface area contributed by atoms with E-state index in [0.717, 1.165) is 12.1 Å². The van der Waals surface area contributed by atoms with Crippen molar-refractivity contribution in [3.63, 3.8) is 0 Å². The Kier molecular flexibility index (Phi) is 5.90. The van der Waals surface area contributed by atoms with Crippen molar-refractivity contribution in [2.75, 3.05) is 19.6 Å². The number of aromatic nitrogens is 4. The van der Waals surface area contributed by atoms with Gasteiger partial charge in [0, 0.05) is 26.2 Å². The number of hydrogen-bond acceptors (Lipinski definition) is 6. The lowest BCUT2D eigenvalue weighted by Gasteiger charge is -2.34. The Bertz CT molecular complexity index is 747. The van der Waals surface area contributed by atoms with Crippen LogP contribution in [-0.4, -0.2) is 62.6 Å². The summed E-state index contributed by atoms with van der Waals surface area (Å²) >= 11 is 0. The molecule has 0 bridgehead atoms. The molecule has 1 atom stereocenters. The molecule has 0 aliphatic carbocycles. The van der Waals surface area contributed by atoms with Gasteiger partial charge < -0.3 is 10.6 Å². The van der Waals surface area contributed by atoms with Gasteiger partial charge in [-0.3, -0.25) is 14.5 Å². The van der Waals surface area contributed by atoms with Crippen LogP contribution in [0.4, 0.5) is 0 Å². The fourth-order valence-electron chi connectivity index (χ4n) is 3.06. The van der Waals surface area contributed by atoms with E-state index in [-0.39, 0.29) is 18.2 Å². The van der Waals surface area contributed by atoms with Gasteiger partial charge >= 0.3 is 0 Å². The predicted octanol–water partition coefficient (Wildman–Crippen LogP) is -0.512. The first kappa shape index (κ1) is 18.0. The molecule has 1 unspecified atom stereocenters. The second kappa shape index (κ2) is 8.52. The molecule has 2 heterocycles. The molecule has 2 N–H and O–H groups in total. The number of rotatable bonds is 7. The van der Waals surface area contributed by atoms with Crippen LogP contribution in [-0.2, 0) is 22.7 Å². The average molecular weight is 357 g/mol. The minimum atomic E-state index is -0.461. The molecule has 138 valence electrons. The van der Waals surface area contributed by atoms with Gasteiger partial charge in [-0.1, -0.05) is 29.8 Å². The number of carbonyl (C=O) groups excluding carboxylic acids is 2. The van der Waals surface area contributed by atoms with Gasteiger partial charge in [-0.2, -0.15) is 0 Å². The van der Waals surface area contributed by atoms with Crippen molar-refractivity contribution in [2.45, 2.75) is 32.5 Å². The lowest BCUT2D eigenvalue weighted by Crippen LogP contribution is -2.56. The maximum atomic E-state index is 12.3. The van der Waals surface area contributed by atoms with Crippen molar-refractivity contribution >= 4 is 11.8 Å². The molecular weight excluding hydrogens is 334 g/mol. The minimum Gasteiger partial charge on any atom is -0.354 e. The SMILES string of the molecule is Cc1cccc(CN2CCNC(=O)C2CC(=O)NCCn2cnnn2)c1. The zero-order chi connectivity index (χ0) is 18.4. The average Bonchev–Trinajstić information content (AvgIpc) is 3.11. The molecule has 1 fully saturated rings. The summed E-state index contributed by atoms with van der Waals surface area (Å²) in [5.41, 5.74) is 2.32.